The lowest BCUT2D eigenvalue weighted by molar-refractivity contribution is -0.143. The molecule has 0 aromatic rings. The SMILES string of the molecule is CC(C)C[C@H](NC(=O)[C@H](CO)NC(=O)[C@@H](N)CCCN=C(N)N)C(=O)O. The molecule has 3 atom stereocenters. The van der Waals surface area contributed by atoms with Crippen LogP contribution in [-0.4, -0.2) is 65.2 Å². The van der Waals surface area contributed by atoms with E-state index in [1.54, 1.807) is 0 Å². The summed E-state index contributed by atoms with van der Waals surface area (Å²) in [4.78, 5) is 39.1. The number of nitrogens with two attached hydrogens (primary N) is 3. The van der Waals surface area contributed by atoms with Gasteiger partial charge in [0, 0.05) is 6.54 Å². The molecule has 0 heterocycles. The third-order valence-corrected chi connectivity index (χ3v) is 3.44. The fourth-order valence-electron chi connectivity index (χ4n) is 2.09. The summed E-state index contributed by atoms with van der Waals surface area (Å²) in [6.07, 6.45) is 0.947. The molecule has 11 heteroatoms. The Hall–Kier alpha value is -2.40. The van der Waals surface area contributed by atoms with Crippen molar-refractivity contribution in [1.29, 1.82) is 0 Å². The van der Waals surface area contributed by atoms with Crippen LogP contribution in [0.4, 0.5) is 0 Å². The van der Waals surface area contributed by atoms with Crippen molar-refractivity contribution in [2.75, 3.05) is 13.2 Å². The molecule has 0 fully saturated rings. The molecule has 11 nitrogen and oxygen atoms in total. The average Bonchev–Trinajstić information content (AvgIpc) is 2.54. The van der Waals surface area contributed by atoms with Crippen LogP contribution in [0.1, 0.15) is 33.1 Å². The smallest absolute Gasteiger partial charge is 0.326 e. The van der Waals surface area contributed by atoms with Crippen molar-refractivity contribution < 1.29 is 24.6 Å². The van der Waals surface area contributed by atoms with Crippen LogP contribution in [0.25, 0.3) is 0 Å². The van der Waals surface area contributed by atoms with Crippen LogP contribution in [0, 0.1) is 5.92 Å². The topological polar surface area (TPSA) is 206 Å². The van der Waals surface area contributed by atoms with Crippen LogP contribution >= 0.6 is 0 Å². The van der Waals surface area contributed by atoms with Crippen LogP contribution in [0.3, 0.4) is 0 Å². The van der Waals surface area contributed by atoms with Gasteiger partial charge in [-0.1, -0.05) is 13.8 Å². The van der Waals surface area contributed by atoms with Crippen LogP contribution < -0.4 is 27.8 Å². The molecule has 0 aromatic heterocycles. The molecule has 0 bridgehead atoms. The lowest BCUT2D eigenvalue weighted by atomic mass is 10.0. The Bertz CT molecular complexity index is 507. The van der Waals surface area contributed by atoms with Crippen LogP contribution in [0.15, 0.2) is 4.99 Å². The summed E-state index contributed by atoms with van der Waals surface area (Å²) in [5.74, 6) is -2.64. The number of carbonyl (C=O) groups is 3. The first-order chi connectivity index (χ1) is 12.1. The molecular weight excluding hydrogens is 344 g/mol. The molecule has 0 unspecified atom stereocenters. The summed E-state index contributed by atoms with van der Waals surface area (Å²) in [7, 11) is 0. The molecule has 2 amide bonds. The number of rotatable bonds is 12. The second kappa shape index (κ2) is 12.0. The molecule has 0 aromatic carbocycles. The predicted octanol–water partition coefficient (Wildman–Crippen LogP) is -2.54. The molecular formula is C15H30N6O5. The highest BCUT2D eigenvalue weighted by Crippen LogP contribution is 2.05. The van der Waals surface area contributed by atoms with E-state index in [0.717, 1.165) is 0 Å². The van der Waals surface area contributed by atoms with Gasteiger partial charge >= 0.3 is 5.97 Å². The minimum Gasteiger partial charge on any atom is -0.480 e. The zero-order valence-electron chi connectivity index (χ0n) is 15.1. The predicted molar refractivity (Wildman–Crippen MR) is 95.9 cm³/mol. The largest absolute Gasteiger partial charge is 0.480 e. The summed E-state index contributed by atoms with van der Waals surface area (Å²) in [6.45, 7) is 3.25. The summed E-state index contributed by atoms with van der Waals surface area (Å²) in [5, 5.41) is 23.1. The van der Waals surface area contributed by atoms with E-state index in [2.05, 4.69) is 15.6 Å². The maximum Gasteiger partial charge on any atom is 0.326 e. The monoisotopic (exact) mass is 374 g/mol. The molecule has 0 radical (unpaired) electrons. The number of aliphatic imine (C=N–C) groups is 1. The van der Waals surface area contributed by atoms with Gasteiger partial charge in [-0.3, -0.25) is 14.6 Å². The maximum atomic E-state index is 12.1. The van der Waals surface area contributed by atoms with Crippen LogP contribution in [0.5, 0.6) is 0 Å². The Morgan fingerprint density at radius 1 is 1.08 bits per heavy atom. The van der Waals surface area contributed by atoms with Gasteiger partial charge in [-0.05, 0) is 25.2 Å². The quantitative estimate of drug-likeness (QED) is 0.110. The van der Waals surface area contributed by atoms with Gasteiger partial charge in [0.2, 0.25) is 11.8 Å². The fourth-order valence-corrected chi connectivity index (χ4v) is 2.09. The van der Waals surface area contributed by atoms with E-state index in [4.69, 9.17) is 22.3 Å². The number of nitrogens with zero attached hydrogens (tertiary/aromatic N) is 1. The first-order valence-electron chi connectivity index (χ1n) is 8.33. The van der Waals surface area contributed by atoms with Crippen molar-refractivity contribution in [2.45, 2.75) is 51.2 Å². The van der Waals surface area contributed by atoms with Crippen molar-refractivity contribution in [1.82, 2.24) is 10.6 Å². The van der Waals surface area contributed by atoms with Gasteiger partial charge < -0.3 is 38.0 Å². The van der Waals surface area contributed by atoms with Crippen molar-refractivity contribution in [2.24, 2.45) is 28.1 Å². The lowest BCUT2D eigenvalue weighted by Crippen LogP contribution is -2.56. The minimum absolute atomic E-state index is 0.0391. The maximum absolute atomic E-state index is 12.1. The Kier molecular flexibility index (Phi) is 10.9. The van der Waals surface area contributed by atoms with E-state index in [1.807, 2.05) is 13.8 Å². The van der Waals surface area contributed by atoms with Gasteiger partial charge in [0.15, 0.2) is 5.96 Å². The number of carboxylic acid groups (broad SMARTS) is 1. The number of carbonyl (C=O) groups excluding carboxylic acids is 2. The number of aliphatic hydroxyl groups is 1. The molecule has 26 heavy (non-hydrogen) atoms. The number of hydrogen-bond donors (Lipinski definition) is 7. The molecule has 0 aliphatic carbocycles. The summed E-state index contributed by atoms with van der Waals surface area (Å²) in [5.41, 5.74) is 16.1. The number of carboxylic acids is 1. The number of aliphatic hydroxyl groups excluding tert-OH is 1. The molecule has 0 spiro atoms. The normalized spacial score (nSPS) is 14.2. The van der Waals surface area contributed by atoms with Crippen molar-refractivity contribution >= 4 is 23.7 Å². The Balaban J connectivity index is 4.61. The highest BCUT2D eigenvalue weighted by molar-refractivity contribution is 5.91. The number of amides is 2. The molecule has 0 aliphatic rings. The third-order valence-electron chi connectivity index (χ3n) is 3.44. The molecule has 0 rings (SSSR count). The summed E-state index contributed by atoms with van der Waals surface area (Å²) < 4.78 is 0. The van der Waals surface area contributed by atoms with Gasteiger partial charge in [0.05, 0.1) is 12.6 Å². The van der Waals surface area contributed by atoms with E-state index in [0.29, 0.717) is 13.0 Å². The lowest BCUT2D eigenvalue weighted by Gasteiger charge is -2.22. The third kappa shape index (κ3) is 9.79. The van der Waals surface area contributed by atoms with Crippen molar-refractivity contribution in [3.63, 3.8) is 0 Å². The minimum atomic E-state index is -1.29. The van der Waals surface area contributed by atoms with Gasteiger partial charge in [-0.15, -0.1) is 0 Å². The number of nitrogens with one attached hydrogen (secondary N) is 2. The highest BCUT2D eigenvalue weighted by atomic mass is 16.4. The van der Waals surface area contributed by atoms with E-state index >= 15 is 0 Å². The summed E-state index contributed by atoms with van der Waals surface area (Å²) >= 11 is 0. The second-order valence-corrected chi connectivity index (χ2v) is 6.33. The van der Waals surface area contributed by atoms with Crippen molar-refractivity contribution in [3.8, 4) is 0 Å². The zero-order chi connectivity index (χ0) is 20.3. The standard InChI is InChI=1S/C15H30N6O5/c1-8(2)6-10(14(25)26)20-13(24)11(7-22)21-12(23)9(16)4-3-5-19-15(17)18/h8-11,22H,3-7,16H2,1-2H3,(H,20,24)(H,21,23)(H,25,26)(H4,17,18,19)/t9-,10-,11-/m0/s1. The Labute approximate surface area is 152 Å². The summed E-state index contributed by atoms with van der Waals surface area (Å²) in [6, 6.07) is -3.32. The second-order valence-electron chi connectivity index (χ2n) is 6.33. The average molecular weight is 374 g/mol. The Morgan fingerprint density at radius 3 is 2.12 bits per heavy atom. The van der Waals surface area contributed by atoms with E-state index < -0.39 is 42.5 Å². The zero-order valence-corrected chi connectivity index (χ0v) is 15.1. The molecule has 150 valence electrons. The fraction of sp³-hybridized carbons (Fsp3) is 0.733. The van der Waals surface area contributed by atoms with Crippen LogP contribution in [0.2, 0.25) is 0 Å². The van der Waals surface area contributed by atoms with Crippen molar-refractivity contribution in [3.05, 3.63) is 0 Å². The molecule has 0 saturated carbocycles. The van der Waals surface area contributed by atoms with Crippen LogP contribution in [-0.2, 0) is 14.4 Å². The van der Waals surface area contributed by atoms with Gasteiger partial charge in [-0.25, -0.2) is 4.79 Å². The number of hydrogen-bond acceptors (Lipinski definition) is 6. The van der Waals surface area contributed by atoms with Gasteiger partial charge in [0.1, 0.15) is 12.1 Å². The first kappa shape index (κ1) is 23.6. The van der Waals surface area contributed by atoms with Gasteiger partial charge in [-0.2, -0.15) is 0 Å². The number of guanidine groups is 1. The highest BCUT2D eigenvalue weighted by Gasteiger charge is 2.27. The number of aliphatic carboxylic acids is 1. The van der Waals surface area contributed by atoms with Gasteiger partial charge in [0.25, 0.3) is 0 Å². The molecule has 0 aliphatic heterocycles. The van der Waals surface area contributed by atoms with E-state index in [-0.39, 0.29) is 24.7 Å². The first-order valence-corrected chi connectivity index (χ1v) is 8.33. The molecule has 0 saturated heterocycles. The molecule has 10 N–H and O–H groups in total. The van der Waals surface area contributed by atoms with E-state index in [9.17, 15) is 19.5 Å². The Morgan fingerprint density at radius 2 is 1.65 bits per heavy atom. The van der Waals surface area contributed by atoms with E-state index in [1.165, 1.54) is 0 Å².